The van der Waals surface area contributed by atoms with Gasteiger partial charge in [0, 0.05) is 32.0 Å². The quantitative estimate of drug-likeness (QED) is 0.736. The van der Waals surface area contributed by atoms with Crippen molar-refractivity contribution in [3.8, 4) is 5.75 Å². The van der Waals surface area contributed by atoms with Crippen LogP contribution in [0.3, 0.4) is 0 Å². The molecule has 4 rings (SSSR count). The molecule has 2 saturated carbocycles. The van der Waals surface area contributed by atoms with Crippen LogP contribution in [0.5, 0.6) is 5.75 Å². The summed E-state index contributed by atoms with van der Waals surface area (Å²) in [7, 11) is 3.25. The van der Waals surface area contributed by atoms with Crippen molar-refractivity contribution < 1.29 is 14.6 Å². The summed E-state index contributed by atoms with van der Waals surface area (Å²) in [6.07, 6.45) is 7.11. The zero-order valence-electron chi connectivity index (χ0n) is 14.3. The van der Waals surface area contributed by atoms with Gasteiger partial charge in [-0.1, -0.05) is 24.6 Å². The summed E-state index contributed by atoms with van der Waals surface area (Å²) in [6.45, 7) is 2.18. The van der Waals surface area contributed by atoms with Gasteiger partial charge in [0.2, 0.25) is 0 Å². The minimum Gasteiger partial charge on any atom is -0.508 e. The van der Waals surface area contributed by atoms with E-state index >= 15 is 0 Å². The van der Waals surface area contributed by atoms with Gasteiger partial charge in [0.05, 0.1) is 0 Å². The number of phenols is 1. The van der Waals surface area contributed by atoms with Crippen molar-refractivity contribution in [1.82, 2.24) is 0 Å². The molecule has 124 valence electrons. The molecule has 3 nitrogen and oxygen atoms in total. The maximum absolute atomic E-state index is 12.2. The van der Waals surface area contributed by atoms with Crippen LogP contribution < -0.4 is 0 Å². The Morgan fingerprint density at radius 2 is 2.00 bits per heavy atom. The topological polar surface area (TPSA) is 46.5 Å². The molecule has 3 aliphatic rings. The molecule has 0 unspecified atom stereocenters. The van der Waals surface area contributed by atoms with Gasteiger partial charge in [-0.05, 0) is 54.9 Å². The minimum absolute atomic E-state index is 0.100. The fourth-order valence-corrected chi connectivity index (χ4v) is 4.73. The van der Waals surface area contributed by atoms with Gasteiger partial charge in [-0.2, -0.15) is 0 Å². The highest BCUT2D eigenvalue weighted by molar-refractivity contribution is 5.88. The third-order valence-corrected chi connectivity index (χ3v) is 5.88. The highest BCUT2D eigenvalue weighted by atomic mass is 16.4. The fourth-order valence-electron chi connectivity index (χ4n) is 4.73. The second-order valence-electron chi connectivity index (χ2n) is 7.22. The third kappa shape index (κ3) is 2.61. The van der Waals surface area contributed by atoms with Gasteiger partial charge in [0.1, 0.15) is 11.5 Å². The average Bonchev–Trinajstić information content (AvgIpc) is 2.83. The molecule has 0 radical (unpaired) electrons. The Morgan fingerprint density at radius 1 is 1.26 bits per heavy atom. The standard InChI is InChI=1S/C18H20O2.C2H6O/c1-18-9-8-14-13-5-3-12(19)10-11(13)2-4-15(14)16(18)6-7-17(18)20;1-3-2/h3-5,10,14,16,19H,2,6-9H2,1H3;1-2H3/t14-,16+,18+;/m1./s1. The number of Topliss-reactive ketones (excluding diaryl/α,β-unsaturated/α-hetero) is 1. The number of hydrogen-bond donors (Lipinski definition) is 1. The Bertz CT molecular complexity index is 646. The highest BCUT2D eigenvalue weighted by Crippen LogP contribution is 2.57. The van der Waals surface area contributed by atoms with Crippen LogP contribution in [0.25, 0.3) is 0 Å². The molecule has 3 heteroatoms. The summed E-state index contributed by atoms with van der Waals surface area (Å²) in [6, 6.07) is 5.79. The second kappa shape index (κ2) is 6.12. The summed E-state index contributed by atoms with van der Waals surface area (Å²) in [5.41, 5.74) is 4.03. The monoisotopic (exact) mass is 314 g/mol. The van der Waals surface area contributed by atoms with Gasteiger partial charge < -0.3 is 9.84 Å². The molecule has 0 aromatic heterocycles. The number of rotatable bonds is 0. The van der Waals surface area contributed by atoms with E-state index < -0.39 is 0 Å². The minimum atomic E-state index is -0.100. The molecular weight excluding hydrogens is 288 g/mol. The maximum atomic E-state index is 12.2. The molecular formula is C20H26O3. The molecule has 2 fully saturated rings. The van der Waals surface area contributed by atoms with E-state index in [1.807, 2.05) is 6.07 Å². The Balaban J connectivity index is 0.000000485. The first-order valence-corrected chi connectivity index (χ1v) is 8.46. The van der Waals surface area contributed by atoms with Gasteiger partial charge in [0.15, 0.2) is 0 Å². The van der Waals surface area contributed by atoms with Crippen molar-refractivity contribution in [2.75, 3.05) is 14.2 Å². The van der Waals surface area contributed by atoms with Gasteiger partial charge in [-0.15, -0.1) is 0 Å². The molecule has 0 aliphatic heterocycles. The van der Waals surface area contributed by atoms with Crippen molar-refractivity contribution in [2.24, 2.45) is 11.3 Å². The zero-order chi connectivity index (χ0) is 16.6. The van der Waals surface area contributed by atoms with Crippen LogP contribution in [0, 0.1) is 11.3 Å². The first-order valence-electron chi connectivity index (χ1n) is 8.46. The Labute approximate surface area is 138 Å². The van der Waals surface area contributed by atoms with Crippen LogP contribution in [0.4, 0.5) is 0 Å². The van der Waals surface area contributed by atoms with Crippen LogP contribution in [0.2, 0.25) is 0 Å². The highest BCUT2D eigenvalue weighted by Gasteiger charge is 2.52. The number of fused-ring (bicyclic) bond motifs is 5. The van der Waals surface area contributed by atoms with E-state index in [9.17, 15) is 9.90 Å². The Morgan fingerprint density at radius 3 is 2.74 bits per heavy atom. The summed E-state index contributed by atoms with van der Waals surface area (Å²) in [5.74, 6) is 1.76. The molecule has 1 N–H and O–H groups in total. The van der Waals surface area contributed by atoms with Crippen molar-refractivity contribution >= 4 is 5.78 Å². The predicted molar refractivity (Wildman–Crippen MR) is 90.6 cm³/mol. The maximum Gasteiger partial charge on any atom is 0.139 e. The number of hydrogen-bond acceptors (Lipinski definition) is 3. The van der Waals surface area contributed by atoms with Gasteiger partial charge in [-0.3, -0.25) is 4.79 Å². The van der Waals surface area contributed by atoms with Gasteiger partial charge in [0.25, 0.3) is 0 Å². The Hall–Kier alpha value is -1.61. The molecule has 1 aromatic rings. The summed E-state index contributed by atoms with van der Waals surface area (Å²) in [4.78, 5) is 12.2. The average molecular weight is 314 g/mol. The van der Waals surface area contributed by atoms with Crippen LogP contribution in [-0.4, -0.2) is 25.1 Å². The number of ether oxygens (including phenoxy) is 1. The number of phenolic OH excluding ortho intramolecular Hbond substituents is 1. The second-order valence-corrected chi connectivity index (χ2v) is 7.22. The van der Waals surface area contributed by atoms with E-state index in [1.165, 1.54) is 16.7 Å². The molecule has 0 bridgehead atoms. The first kappa shape index (κ1) is 16.3. The molecule has 3 aliphatic carbocycles. The predicted octanol–water partition coefficient (Wildman–Crippen LogP) is 4.00. The molecule has 0 saturated heterocycles. The molecule has 0 heterocycles. The van der Waals surface area contributed by atoms with Crippen molar-refractivity contribution in [2.45, 2.75) is 44.9 Å². The summed E-state index contributed by atoms with van der Waals surface area (Å²) >= 11 is 0. The van der Waals surface area contributed by atoms with E-state index in [2.05, 4.69) is 23.8 Å². The Kier molecular flexibility index (Phi) is 4.33. The van der Waals surface area contributed by atoms with Crippen LogP contribution in [0.15, 0.2) is 29.8 Å². The van der Waals surface area contributed by atoms with E-state index in [4.69, 9.17) is 0 Å². The van der Waals surface area contributed by atoms with Crippen molar-refractivity contribution in [1.29, 1.82) is 0 Å². The van der Waals surface area contributed by atoms with E-state index in [1.54, 1.807) is 20.3 Å². The first-order chi connectivity index (χ1) is 11.0. The number of allylic oxidation sites excluding steroid dienone is 2. The molecule has 23 heavy (non-hydrogen) atoms. The molecule has 1 aromatic carbocycles. The molecule has 0 spiro atoms. The number of carbonyl (C=O) groups excluding carboxylic acids is 1. The van der Waals surface area contributed by atoms with Crippen molar-refractivity contribution in [3.05, 3.63) is 41.0 Å². The third-order valence-electron chi connectivity index (χ3n) is 5.88. The molecule has 3 atom stereocenters. The largest absolute Gasteiger partial charge is 0.508 e. The smallest absolute Gasteiger partial charge is 0.139 e. The fraction of sp³-hybridized carbons (Fsp3) is 0.550. The van der Waals surface area contributed by atoms with E-state index in [-0.39, 0.29) is 5.41 Å². The van der Waals surface area contributed by atoms with E-state index in [0.717, 1.165) is 32.1 Å². The lowest BCUT2D eigenvalue weighted by atomic mass is 9.60. The summed E-state index contributed by atoms with van der Waals surface area (Å²) in [5, 5.41) is 9.64. The van der Waals surface area contributed by atoms with Gasteiger partial charge >= 0.3 is 0 Å². The van der Waals surface area contributed by atoms with Gasteiger partial charge in [-0.25, -0.2) is 0 Å². The number of methoxy groups -OCH3 is 1. The molecule has 0 amide bonds. The normalized spacial score (nSPS) is 31.3. The number of aromatic hydroxyl groups is 1. The van der Waals surface area contributed by atoms with Crippen molar-refractivity contribution in [3.63, 3.8) is 0 Å². The summed E-state index contributed by atoms with van der Waals surface area (Å²) < 4.78 is 4.25. The lowest BCUT2D eigenvalue weighted by Gasteiger charge is -2.43. The van der Waals surface area contributed by atoms with E-state index in [0.29, 0.717) is 23.4 Å². The number of carbonyl (C=O) groups is 1. The zero-order valence-corrected chi connectivity index (χ0v) is 14.3. The van der Waals surface area contributed by atoms with Crippen LogP contribution in [0.1, 0.15) is 49.7 Å². The SMILES string of the molecule is COC.C[C@]12CC[C@H]3C(=CCc4cc(O)ccc43)[C@@H]1CCC2=O. The van der Waals surface area contributed by atoms with Crippen LogP contribution >= 0.6 is 0 Å². The number of ketones is 1. The lowest BCUT2D eigenvalue weighted by molar-refractivity contribution is -0.126. The lowest BCUT2D eigenvalue weighted by Crippen LogP contribution is -2.37. The van der Waals surface area contributed by atoms with Crippen LogP contribution in [-0.2, 0) is 16.0 Å². The number of benzene rings is 1.